The quantitative estimate of drug-likeness (QED) is 0.794. The number of rotatable bonds is 6. The third kappa shape index (κ3) is 5.43. The summed E-state index contributed by atoms with van der Waals surface area (Å²) >= 11 is 3.49. The minimum atomic E-state index is -3.30. The van der Waals surface area contributed by atoms with Crippen molar-refractivity contribution in [2.75, 3.05) is 25.2 Å². The first-order valence-corrected chi connectivity index (χ1v) is 9.96. The van der Waals surface area contributed by atoms with Gasteiger partial charge in [-0.2, -0.15) is 0 Å². The van der Waals surface area contributed by atoms with E-state index in [1.165, 1.54) is 12.1 Å². The van der Waals surface area contributed by atoms with Crippen LogP contribution in [0.15, 0.2) is 57.9 Å². The summed E-state index contributed by atoms with van der Waals surface area (Å²) in [6, 6.07) is 14.1. The Bertz CT molecular complexity index is 837. The summed E-state index contributed by atoms with van der Waals surface area (Å²) in [5.41, 5.74) is 1.56. The highest BCUT2D eigenvalue weighted by atomic mass is 79.9. The number of likely N-dealkylation sites (N-methyl/N-ethyl adjacent to an activating group) is 1. The minimum Gasteiger partial charge on any atom is -0.325 e. The van der Waals surface area contributed by atoms with Crippen molar-refractivity contribution in [1.82, 2.24) is 4.90 Å². The highest BCUT2D eigenvalue weighted by Gasteiger charge is 2.11. The lowest BCUT2D eigenvalue weighted by molar-refractivity contribution is -0.117. The van der Waals surface area contributed by atoms with Gasteiger partial charge in [-0.25, -0.2) is 8.42 Å². The molecule has 2 aromatic carbocycles. The Hall–Kier alpha value is -1.70. The fourth-order valence-corrected chi connectivity index (χ4v) is 3.30. The molecule has 2 rings (SSSR count). The summed E-state index contributed by atoms with van der Waals surface area (Å²) in [5, 5.41) is 2.73. The van der Waals surface area contributed by atoms with E-state index in [1.807, 2.05) is 36.2 Å². The van der Waals surface area contributed by atoms with Crippen LogP contribution in [-0.2, 0) is 21.2 Å². The Kier molecular flexibility index (Phi) is 6.15. The van der Waals surface area contributed by atoms with Crippen molar-refractivity contribution >= 4 is 37.4 Å². The van der Waals surface area contributed by atoms with Crippen LogP contribution in [-0.4, -0.2) is 39.1 Å². The van der Waals surface area contributed by atoms with Gasteiger partial charge in [-0.15, -0.1) is 0 Å². The molecule has 0 aliphatic carbocycles. The van der Waals surface area contributed by atoms with E-state index in [2.05, 4.69) is 21.2 Å². The predicted molar refractivity (Wildman–Crippen MR) is 98.7 cm³/mol. The van der Waals surface area contributed by atoms with Crippen LogP contribution >= 0.6 is 15.9 Å². The van der Waals surface area contributed by atoms with Gasteiger partial charge in [0.05, 0.1) is 11.4 Å². The number of benzene rings is 2. The Labute approximate surface area is 150 Å². The van der Waals surface area contributed by atoms with Gasteiger partial charge in [0.25, 0.3) is 0 Å². The van der Waals surface area contributed by atoms with E-state index in [0.29, 0.717) is 12.2 Å². The van der Waals surface area contributed by atoms with Gasteiger partial charge in [0.1, 0.15) is 0 Å². The van der Waals surface area contributed by atoms with Gasteiger partial charge in [-0.3, -0.25) is 9.69 Å². The first kappa shape index (κ1) is 18.6. The molecule has 0 aliphatic rings. The number of anilines is 1. The molecule has 1 N–H and O–H groups in total. The van der Waals surface area contributed by atoms with Gasteiger partial charge in [0, 0.05) is 23.0 Å². The van der Waals surface area contributed by atoms with Crippen LogP contribution in [0.5, 0.6) is 0 Å². The molecule has 0 bridgehead atoms. The number of nitrogens with zero attached hydrogens (tertiary/aromatic N) is 1. The van der Waals surface area contributed by atoms with Crippen molar-refractivity contribution < 1.29 is 13.2 Å². The van der Waals surface area contributed by atoms with Crippen LogP contribution in [0.25, 0.3) is 0 Å². The Morgan fingerprint density at radius 1 is 1.17 bits per heavy atom. The van der Waals surface area contributed by atoms with Crippen LogP contribution in [0.2, 0.25) is 0 Å². The van der Waals surface area contributed by atoms with Gasteiger partial charge in [-0.05, 0) is 36.9 Å². The molecule has 0 spiro atoms. The summed E-state index contributed by atoms with van der Waals surface area (Å²) < 4.78 is 24.1. The SMILES string of the molecule is CN(CC(=O)Nc1cccc(S(C)(=O)=O)c1)Cc1ccccc1Br. The zero-order chi connectivity index (χ0) is 17.7. The molecule has 0 radical (unpaired) electrons. The number of amides is 1. The fourth-order valence-electron chi connectivity index (χ4n) is 2.22. The highest BCUT2D eigenvalue weighted by molar-refractivity contribution is 9.10. The molecule has 24 heavy (non-hydrogen) atoms. The Balaban J connectivity index is 1.97. The molecule has 0 aliphatic heterocycles. The van der Waals surface area contributed by atoms with Crippen molar-refractivity contribution in [2.45, 2.75) is 11.4 Å². The topological polar surface area (TPSA) is 66.5 Å². The number of nitrogens with one attached hydrogen (secondary N) is 1. The number of halogens is 1. The maximum absolute atomic E-state index is 12.1. The average Bonchev–Trinajstić information content (AvgIpc) is 2.49. The number of hydrogen-bond acceptors (Lipinski definition) is 4. The lowest BCUT2D eigenvalue weighted by Gasteiger charge is -2.17. The molecule has 7 heteroatoms. The van der Waals surface area contributed by atoms with Crippen LogP contribution in [0, 0.1) is 0 Å². The molecule has 0 fully saturated rings. The average molecular weight is 411 g/mol. The van der Waals surface area contributed by atoms with Crippen LogP contribution in [0.3, 0.4) is 0 Å². The van der Waals surface area contributed by atoms with E-state index < -0.39 is 9.84 Å². The van der Waals surface area contributed by atoms with Crippen molar-refractivity contribution in [3.63, 3.8) is 0 Å². The summed E-state index contributed by atoms with van der Waals surface area (Å²) in [4.78, 5) is 14.2. The van der Waals surface area contributed by atoms with E-state index in [1.54, 1.807) is 12.1 Å². The standard InChI is InChI=1S/C17H19BrN2O3S/c1-20(11-13-6-3-4-9-16(13)18)12-17(21)19-14-7-5-8-15(10-14)24(2,22)23/h3-10H,11-12H2,1-2H3,(H,19,21). The monoisotopic (exact) mass is 410 g/mol. The summed E-state index contributed by atoms with van der Waals surface area (Å²) in [7, 11) is -1.44. The predicted octanol–water partition coefficient (Wildman–Crippen LogP) is 2.92. The third-order valence-corrected chi connectivity index (χ3v) is 5.24. The van der Waals surface area contributed by atoms with Gasteiger partial charge in [0.15, 0.2) is 9.84 Å². The van der Waals surface area contributed by atoms with Crippen LogP contribution in [0.1, 0.15) is 5.56 Å². The summed E-state index contributed by atoms with van der Waals surface area (Å²) in [6.07, 6.45) is 1.14. The van der Waals surface area contributed by atoms with E-state index in [9.17, 15) is 13.2 Å². The van der Waals surface area contributed by atoms with Crippen molar-refractivity contribution in [1.29, 1.82) is 0 Å². The summed E-state index contributed by atoms with van der Waals surface area (Å²) in [6.45, 7) is 0.822. The highest BCUT2D eigenvalue weighted by Crippen LogP contribution is 2.18. The largest absolute Gasteiger partial charge is 0.325 e. The van der Waals surface area contributed by atoms with E-state index in [4.69, 9.17) is 0 Å². The summed E-state index contributed by atoms with van der Waals surface area (Å²) in [5.74, 6) is -0.199. The molecule has 0 aromatic heterocycles. The molecule has 0 saturated heterocycles. The second-order valence-corrected chi connectivity index (χ2v) is 8.48. The lowest BCUT2D eigenvalue weighted by Crippen LogP contribution is -2.30. The van der Waals surface area contributed by atoms with Crippen LogP contribution in [0.4, 0.5) is 5.69 Å². The fraction of sp³-hybridized carbons (Fsp3) is 0.235. The van der Waals surface area contributed by atoms with E-state index in [0.717, 1.165) is 16.3 Å². The van der Waals surface area contributed by atoms with Crippen molar-refractivity contribution in [3.8, 4) is 0 Å². The number of hydrogen-bond donors (Lipinski definition) is 1. The zero-order valence-electron chi connectivity index (χ0n) is 13.5. The molecule has 0 unspecified atom stereocenters. The number of sulfone groups is 1. The molecule has 0 heterocycles. The maximum Gasteiger partial charge on any atom is 0.238 e. The Morgan fingerprint density at radius 3 is 2.54 bits per heavy atom. The molecule has 0 atom stereocenters. The van der Waals surface area contributed by atoms with Gasteiger partial charge in [-0.1, -0.05) is 40.2 Å². The lowest BCUT2D eigenvalue weighted by atomic mass is 10.2. The molecule has 5 nitrogen and oxygen atoms in total. The second-order valence-electron chi connectivity index (χ2n) is 5.61. The zero-order valence-corrected chi connectivity index (χ0v) is 15.9. The molecule has 0 saturated carbocycles. The molecule has 128 valence electrons. The van der Waals surface area contributed by atoms with E-state index in [-0.39, 0.29) is 17.3 Å². The number of carbonyl (C=O) groups is 1. The molecule has 1 amide bonds. The Morgan fingerprint density at radius 2 is 1.88 bits per heavy atom. The van der Waals surface area contributed by atoms with Crippen molar-refractivity contribution in [3.05, 3.63) is 58.6 Å². The first-order chi connectivity index (χ1) is 11.3. The molecule has 2 aromatic rings. The van der Waals surface area contributed by atoms with Gasteiger partial charge in [0.2, 0.25) is 5.91 Å². The first-order valence-electron chi connectivity index (χ1n) is 7.27. The second kappa shape index (κ2) is 7.92. The molecular weight excluding hydrogens is 392 g/mol. The van der Waals surface area contributed by atoms with E-state index >= 15 is 0 Å². The van der Waals surface area contributed by atoms with Gasteiger partial charge >= 0.3 is 0 Å². The van der Waals surface area contributed by atoms with Crippen LogP contribution < -0.4 is 5.32 Å². The smallest absolute Gasteiger partial charge is 0.238 e. The number of carbonyl (C=O) groups excluding carboxylic acids is 1. The van der Waals surface area contributed by atoms with Crippen molar-refractivity contribution in [2.24, 2.45) is 0 Å². The maximum atomic E-state index is 12.1. The minimum absolute atomic E-state index is 0.182. The van der Waals surface area contributed by atoms with Gasteiger partial charge < -0.3 is 5.32 Å². The third-order valence-electron chi connectivity index (χ3n) is 3.36. The molecular formula is C17H19BrN2O3S. The normalized spacial score (nSPS) is 11.5.